The van der Waals surface area contributed by atoms with Crippen LogP contribution in [-0.2, 0) is 0 Å². The van der Waals surface area contributed by atoms with Gasteiger partial charge in [0.1, 0.15) is 0 Å². The summed E-state index contributed by atoms with van der Waals surface area (Å²) in [5.74, 6) is 0. The molecule has 0 fully saturated rings. The van der Waals surface area contributed by atoms with Crippen molar-refractivity contribution in [1.29, 1.82) is 0 Å². The van der Waals surface area contributed by atoms with E-state index in [1.807, 2.05) is 41.1 Å². The van der Waals surface area contributed by atoms with E-state index >= 15 is 0 Å². The van der Waals surface area contributed by atoms with Gasteiger partial charge in [0.05, 0.1) is 11.7 Å². The summed E-state index contributed by atoms with van der Waals surface area (Å²) in [5.41, 5.74) is 1.56. The molecule has 0 atom stereocenters. The molecule has 0 amide bonds. The van der Waals surface area contributed by atoms with Crippen LogP contribution in [0.5, 0.6) is 0 Å². The Morgan fingerprint density at radius 1 is 1.12 bits per heavy atom. The molecule has 0 radical (unpaired) electrons. The van der Waals surface area contributed by atoms with Gasteiger partial charge in [0.2, 0.25) is 0 Å². The van der Waals surface area contributed by atoms with E-state index in [1.165, 1.54) is 6.33 Å². The van der Waals surface area contributed by atoms with Crippen molar-refractivity contribution >= 4 is 11.0 Å². The van der Waals surface area contributed by atoms with Crippen molar-refractivity contribution in [3.05, 3.63) is 59.3 Å². The predicted molar refractivity (Wildman–Crippen MR) is 61.7 cm³/mol. The minimum Gasteiger partial charge on any atom is -0.313 e. The maximum atomic E-state index is 11.5. The Balaban J connectivity index is 2.34. The summed E-state index contributed by atoms with van der Waals surface area (Å²) >= 11 is 0. The van der Waals surface area contributed by atoms with E-state index in [1.54, 1.807) is 6.07 Å². The van der Waals surface area contributed by atoms with Crippen molar-refractivity contribution in [2.24, 2.45) is 0 Å². The first kappa shape index (κ1) is 8.91. The molecule has 3 aromatic rings. The summed E-state index contributed by atoms with van der Waals surface area (Å²) in [4.78, 5) is 18.3. The van der Waals surface area contributed by atoms with E-state index in [0.29, 0.717) is 11.0 Å². The molecule has 2 heterocycles. The van der Waals surface area contributed by atoms with Crippen molar-refractivity contribution in [1.82, 2.24) is 14.5 Å². The van der Waals surface area contributed by atoms with Gasteiger partial charge in [-0.2, -0.15) is 0 Å². The summed E-state index contributed by atoms with van der Waals surface area (Å²) in [6.45, 7) is 0. The monoisotopic (exact) mass is 211 g/mol. The number of aromatic amines is 1. The Labute approximate surface area is 91.2 Å². The highest BCUT2D eigenvalue weighted by molar-refractivity contribution is 5.76. The van der Waals surface area contributed by atoms with Gasteiger partial charge in [-0.1, -0.05) is 18.2 Å². The predicted octanol–water partition coefficient (Wildman–Crippen LogP) is 1.71. The van der Waals surface area contributed by atoms with Gasteiger partial charge in [-0.25, -0.2) is 4.98 Å². The van der Waals surface area contributed by atoms with Gasteiger partial charge in [-0.05, 0) is 18.2 Å². The van der Waals surface area contributed by atoms with E-state index in [2.05, 4.69) is 9.97 Å². The van der Waals surface area contributed by atoms with Crippen molar-refractivity contribution in [3.63, 3.8) is 0 Å². The first-order valence-corrected chi connectivity index (χ1v) is 4.96. The second kappa shape index (κ2) is 3.34. The third-order valence-corrected chi connectivity index (χ3v) is 2.52. The Kier molecular flexibility index (Phi) is 1.86. The van der Waals surface area contributed by atoms with Crippen LogP contribution in [0.15, 0.2) is 53.7 Å². The van der Waals surface area contributed by atoms with Crippen LogP contribution in [0.2, 0.25) is 0 Å². The summed E-state index contributed by atoms with van der Waals surface area (Å²) < 4.78 is 1.89. The molecule has 4 nitrogen and oxygen atoms in total. The van der Waals surface area contributed by atoms with Crippen LogP contribution in [0.4, 0.5) is 0 Å². The molecule has 2 aromatic heterocycles. The lowest BCUT2D eigenvalue weighted by atomic mass is 10.3. The molecule has 0 aliphatic carbocycles. The average Bonchev–Trinajstić information content (AvgIpc) is 2.75. The normalized spacial score (nSPS) is 10.8. The molecule has 0 aliphatic rings. The number of hydrogen-bond donors (Lipinski definition) is 1. The molecule has 0 saturated heterocycles. The number of fused-ring (bicyclic) bond motifs is 1. The number of aromatic nitrogens is 3. The Bertz CT molecular complexity index is 682. The van der Waals surface area contributed by atoms with E-state index < -0.39 is 0 Å². The maximum absolute atomic E-state index is 11.5. The van der Waals surface area contributed by atoms with Crippen LogP contribution in [0.25, 0.3) is 16.7 Å². The zero-order valence-corrected chi connectivity index (χ0v) is 8.42. The first-order valence-electron chi connectivity index (χ1n) is 4.96. The smallest absolute Gasteiger partial charge is 0.260 e. The number of nitrogens with one attached hydrogen (secondary N) is 1. The maximum Gasteiger partial charge on any atom is 0.260 e. The van der Waals surface area contributed by atoms with Gasteiger partial charge in [0, 0.05) is 11.9 Å². The number of benzene rings is 1. The second-order valence-electron chi connectivity index (χ2n) is 3.49. The lowest BCUT2D eigenvalue weighted by Gasteiger charge is -2.02. The standard InChI is InChI=1S/C12H9N3O/c16-12-10-6-7-15(11(10)13-8-14-12)9-4-2-1-3-5-9/h1-8H,(H,13,14,16). The molecule has 78 valence electrons. The molecule has 0 saturated carbocycles. The van der Waals surface area contributed by atoms with E-state index in [0.717, 1.165) is 5.69 Å². The van der Waals surface area contributed by atoms with E-state index in [9.17, 15) is 4.79 Å². The Morgan fingerprint density at radius 2 is 1.94 bits per heavy atom. The highest BCUT2D eigenvalue weighted by Gasteiger charge is 2.05. The Morgan fingerprint density at radius 3 is 2.75 bits per heavy atom. The molecule has 0 aliphatic heterocycles. The molecule has 1 aromatic carbocycles. The highest BCUT2D eigenvalue weighted by atomic mass is 16.1. The Hall–Kier alpha value is -2.36. The SMILES string of the molecule is O=c1[nH]cnc2c1ccn2-c1ccccc1. The van der Waals surface area contributed by atoms with Crippen LogP contribution in [0, 0.1) is 0 Å². The molecule has 3 rings (SSSR count). The molecule has 16 heavy (non-hydrogen) atoms. The molecular formula is C12H9N3O. The van der Waals surface area contributed by atoms with Gasteiger partial charge in [-0.15, -0.1) is 0 Å². The molecular weight excluding hydrogens is 202 g/mol. The minimum absolute atomic E-state index is 0.111. The van der Waals surface area contributed by atoms with Crippen molar-refractivity contribution in [3.8, 4) is 5.69 Å². The quantitative estimate of drug-likeness (QED) is 0.666. The molecule has 0 unspecified atom stereocenters. The van der Waals surface area contributed by atoms with Gasteiger partial charge in [0.15, 0.2) is 5.65 Å². The fraction of sp³-hybridized carbons (Fsp3) is 0. The number of para-hydroxylation sites is 1. The van der Waals surface area contributed by atoms with E-state index in [4.69, 9.17) is 0 Å². The van der Waals surface area contributed by atoms with Crippen LogP contribution in [-0.4, -0.2) is 14.5 Å². The molecule has 0 bridgehead atoms. The lowest BCUT2D eigenvalue weighted by molar-refractivity contribution is 1.07. The minimum atomic E-state index is -0.111. The van der Waals surface area contributed by atoms with Crippen molar-refractivity contribution < 1.29 is 0 Å². The summed E-state index contributed by atoms with van der Waals surface area (Å²) in [6, 6.07) is 11.6. The van der Waals surface area contributed by atoms with Crippen molar-refractivity contribution in [2.75, 3.05) is 0 Å². The molecule has 4 heteroatoms. The average molecular weight is 211 g/mol. The zero-order valence-electron chi connectivity index (χ0n) is 8.42. The number of nitrogens with zero attached hydrogens (tertiary/aromatic N) is 2. The fourth-order valence-electron chi connectivity index (χ4n) is 1.76. The summed E-state index contributed by atoms with van der Waals surface area (Å²) in [7, 11) is 0. The van der Waals surface area contributed by atoms with Crippen LogP contribution >= 0.6 is 0 Å². The number of rotatable bonds is 1. The number of H-pyrrole nitrogens is 1. The fourth-order valence-corrected chi connectivity index (χ4v) is 1.76. The third-order valence-electron chi connectivity index (χ3n) is 2.52. The summed E-state index contributed by atoms with van der Waals surface area (Å²) in [5, 5.41) is 0.603. The lowest BCUT2D eigenvalue weighted by Crippen LogP contribution is -2.06. The van der Waals surface area contributed by atoms with E-state index in [-0.39, 0.29) is 5.56 Å². The van der Waals surface area contributed by atoms with Gasteiger partial charge < -0.3 is 9.55 Å². The number of hydrogen-bond acceptors (Lipinski definition) is 2. The second-order valence-corrected chi connectivity index (χ2v) is 3.49. The molecule has 0 spiro atoms. The topological polar surface area (TPSA) is 50.7 Å². The van der Waals surface area contributed by atoms with Crippen LogP contribution < -0.4 is 5.56 Å². The summed E-state index contributed by atoms with van der Waals surface area (Å²) in [6.07, 6.45) is 3.27. The largest absolute Gasteiger partial charge is 0.313 e. The zero-order chi connectivity index (χ0) is 11.0. The van der Waals surface area contributed by atoms with Gasteiger partial charge >= 0.3 is 0 Å². The van der Waals surface area contributed by atoms with Crippen molar-refractivity contribution in [2.45, 2.75) is 0 Å². The van der Waals surface area contributed by atoms with Gasteiger partial charge in [0.25, 0.3) is 5.56 Å². The first-order chi connectivity index (χ1) is 7.86. The molecule has 1 N–H and O–H groups in total. The van der Waals surface area contributed by atoms with Crippen LogP contribution in [0.1, 0.15) is 0 Å². The van der Waals surface area contributed by atoms with Gasteiger partial charge in [-0.3, -0.25) is 4.79 Å². The third kappa shape index (κ3) is 1.24. The highest BCUT2D eigenvalue weighted by Crippen LogP contribution is 2.14. The van der Waals surface area contributed by atoms with Crippen LogP contribution in [0.3, 0.4) is 0 Å².